The largest absolute Gasteiger partial charge is 0.492 e. The molecule has 0 radical (unpaired) electrons. The molecule has 0 amide bonds. The minimum atomic E-state index is -0.414. The predicted octanol–water partition coefficient (Wildman–Crippen LogP) is 3.21. The van der Waals surface area contributed by atoms with Crippen LogP contribution in [0.4, 0.5) is 10.8 Å². The Morgan fingerprint density at radius 3 is 2.93 bits per heavy atom. The Kier molecular flexibility index (Phi) is 5.35. The number of ether oxygens (including phenoxy) is 2. The molecular weight excluding hydrogens is 402 g/mol. The second-order valence-corrected chi connectivity index (χ2v) is 9.13. The molecule has 1 saturated heterocycles. The molecule has 158 valence electrons. The van der Waals surface area contributed by atoms with Crippen LogP contribution in [0.2, 0.25) is 0 Å². The van der Waals surface area contributed by atoms with E-state index in [1.54, 1.807) is 6.07 Å². The van der Waals surface area contributed by atoms with Gasteiger partial charge in [0.1, 0.15) is 5.75 Å². The molecule has 5 rings (SSSR count). The quantitative estimate of drug-likeness (QED) is 0.416. The van der Waals surface area contributed by atoms with Gasteiger partial charge in [-0.25, -0.2) is 0 Å². The molecule has 0 spiro atoms. The maximum absolute atomic E-state index is 12.5. The van der Waals surface area contributed by atoms with Crippen molar-refractivity contribution in [1.29, 1.82) is 0 Å². The van der Waals surface area contributed by atoms with Gasteiger partial charge in [-0.1, -0.05) is 29.6 Å². The van der Waals surface area contributed by atoms with Gasteiger partial charge in [0, 0.05) is 30.9 Å². The van der Waals surface area contributed by atoms with Crippen LogP contribution in [0.1, 0.15) is 17.7 Å². The Labute approximate surface area is 179 Å². The fourth-order valence-electron chi connectivity index (χ4n) is 4.49. The number of morpholine rings is 1. The lowest BCUT2D eigenvalue weighted by Gasteiger charge is -2.29. The van der Waals surface area contributed by atoms with Gasteiger partial charge in [0.05, 0.1) is 24.5 Å². The molecule has 2 aliphatic carbocycles. The molecule has 3 atom stereocenters. The first-order chi connectivity index (χ1) is 14.6. The van der Waals surface area contributed by atoms with E-state index in [0.717, 1.165) is 25.2 Å². The van der Waals surface area contributed by atoms with Crippen molar-refractivity contribution in [3.05, 3.63) is 41.3 Å². The van der Waals surface area contributed by atoms with Crippen LogP contribution in [0.3, 0.4) is 0 Å². The highest BCUT2D eigenvalue weighted by Gasteiger charge is 2.36. The molecule has 2 N–H and O–H groups in total. The van der Waals surface area contributed by atoms with Gasteiger partial charge in [-0.15, -0.1) is 0 Å². The lowest BCUT2D eigenvalue weighted by atomic mass is 10.0. The van der Waals surface area contributed by atoms with Gasteiger partial charge in [0.2, 0.25) is 5.88 Å². The van der Waals surface area contributed by atoms with E-state index >= 15 is 0 Å². The van der Waals surface area contributed by atoms with Crippen LogP contribution in [-0.4, -0.2) is 48.4 Å². The molecule has 1 aromatic heterocycles. The number of hydrogen-bond acceptors (Lipinski definition) is 8. The van der Waals surface area contributed by atoms with Crippen molar-refractivity contribution < 1.29 is 19.4 Å². The van der Waals surface area contributed by atoms with Gasteiger partial charge in [-0.3, -0.25) is 4.79 Å². The number of esters is 1. The normalized spacial score (nSPS) is 24.9. The molecule has 1 aliphatic heterocycles. The molecule has 2 heterocycles. The van der Waals surface area contributed by atoms with Crippen LogP contribution in [0.5, 0.6) is 11.6 Å². The lowest BCUT2D eigenvalue weighted by molar-refractivity contribution is -0.133. The first kappa shape index (κ1) is 19.4. The van der Waals surface area contributed by atoms with Crippen molar-refractivity contribution in [3.8, 4) is 11.6 Å². The van der Waals surface area contributed by atoms with Crippen LogP contribution >= 0.6 is 11.3 Å². The van der Waals surface area contributed by atoms with Gasteiger partial charge in [-0.2, -0.15) is 4.98 Å². The topological polar surface area (TPSA) is 83.9 Å². The molecule has 2 fully saturated rings. The monoisotopic (exact) mass is 427 g/mol. The Balaban J connectivity index is 1.19. The Morgan fingerprint density at radius 1 is 1.30 bits per heavy atom. The van der Waals surface area contributed by atoms with E-state index in [-0.39, 0.29) is 12.3 Å². The zero-order valence-corrected chi connectivity index (χ0v) is 17.4. The minimum Gasteiger partial charge on any atom is -0.492 e. The van der Waals surface area contributed by atoms with Crippen molar-refractivity contribution in [2.45, 2.75) is 25.3 Å². The number of aromatic hydroxyl groups is 1. The zero-order valence-electron chi connectivity index (χ0n) is 16.6. The molecule has 8 heteroatoms. The van der Waals surface area contributed by atoms with Crippen LogP contribution in [0.15, 0.2) is 36.4 Å². The maximum Gasteiger partial charge on any atom is 0.316 e. The molecule has 1 aromatic carbocycles. The number of thiazole rings is 1. The Morgan fingerprint density at radius 2 is 2.17 bits per heavy atom. The van der Waals surface area contributed by atoms with Gasteiger partial charge < -0.3 is 24.8 Å². The first-order valence-corrected chi connectivity index (χ1v) is 11.2. The average Bonchev–Trinajstić information content (AvgIpc) is 3.45. The minimum absolute atomic E-state index is 0.0103. The Bertz CT molecular complexity index is 954. The number of carbonyl (C=O) groups is 1. The van der Waals surface area contributed by atoms with E-state index in [0.29, 0.717) is 46.8 Å². The molecule has 3 aliphatic rings. The first-order valence-electron chi connectivity index (χ1n) is 10.4. The number of rotatable bonds is 6. The third kappa shape index (κ3) is 4.15. The summed E-state index contributed by atoms with van der Waals surface area (Å²) in [6.45, 7) is 3.04. The molecule has 2 aromatic rings. The lowest BCUT2D eigenvalue weighted by Crippen LogP contribution is -2.36. The summed E-state index contributed by atoms with van der Waals surface area (Å²) in [7, 11) is 0. The number of benzene rings is 1. The number of nitrogens with zero attached hydrogens (tertiary/aromatic N) is 2. The number of carbonyl (C=O) groups excluding carboxylic acids is 1. The average molecular weight is 428 g/mol. The van der Waals surface area contributed by atoms with Crippen molar-refractivity contribution in [2.24, 2.45) is 11.8 Å². The van der Waals surface area contributed by atoms with Crippen LogP contribution in [-0.2, 0) is 16.0 Å². The third-order valence-electron chi connectivity index (χ3n) is 5.99. The van der Waals surface area contributed by atoms with Crippen molar-refractivity contribution >= 4 is 28.1 Å². The van der Waals surface area contributed by atoms with Crippen LogP contribution in [0, 0.1) is 11.8 Å². The highest BCUT2D eigenvalue weighted by molar-refractivity contribution is 7.16. The smallest absolute Gasteiger partial charge is 0.316 e. The summed E-state index contributed by atoms with van der Waals surface area (Å²) in [5.74, 6) is 1.18. The second-order valence-electron chi connectivity index (χ2n) is 8.04. The van der Waals surface area contributed by atoms with Gasteiger partial charge in [0.15, 0.2) is 5.13 Å². The molecule has 1 saturated carbocycles. The summed E-state index contributed by atoms with van der Waals surface area (Å²) in [4.78, 5) is 19.4. The highest BCUT2D eigenvalue weighted by Crippen LogP contribution is 2.41. The van der Waals surface area contributed by atoms with Crippen LogP contribution in [0.25, 0.3) is 0 Å². The highest BCUT2D eigenvalue weighted by atomic mass is 32.1. The van der Waals surface area contributed by atoms with Crippen molar-refractivity contribution in [3.63, 3.8) is 0 Å². The SMILES string of the molecule is O=C(Cc1sc(NC2CC3C=CC2C3)nc1O)Oc1cccc(N2CCOCC2)c1. The predicted molar refractivity (Wildman–Crippen MR) is 115 cm³/mol. The summed E-state index contributed by atoms with van der Waals surface area (Å²) in [5, 5.41) is 14.3. The number of fused-ring (bicyclic) bond motifs is 2. The van der Waals surface area contributed by atoms with Crippen molar-refractivity contribution in [2.75, 3.05) is 36.5 Å². The van der Waals surface area contributed by atoms with Gasteiger partial charge >= 0.3 is 5.97 Å². The second kappa shape index (κ2) is 8.28. The van der Waals surface area contributed by atoms with Gasteiger partial charge in [0.25, 0.3) is 0 Å². The zero-order chi connectivity index (χ0) is 20.5. The fourth-order valence-corrected chi connectivity index (χ4v) is 5.39. The number of anilines is 2. The summed E-state index contributed by atoms with van der Waals surface area (Å²) in [6, 6.07) is 7.87. The van der Waals surface area contributed by atoms with E-state index in [1.165, 1.54) is 17.8 Å². The molecular formula is C22H25N3O4S. The number of aromatic nitrogens is 1. The molecule has 3 unspecified atom stereocenters. The van der Waals surface area contributed by atoms with Crippen LogP contribution < -0.4 is 15.0 Å². The van der Waals surface area contributed by atoms with E-state index < -0.39 is 5.97 Å². The van der Waals surface area contributed by atoms with E-state index in [2.05, 4.69) is 27.4 Å². The molecule has 7 nitrogen and oxygen atoms in total. The summed E-state index contributed by atoms with van der Waals surface area (Å²) >= 11 is 1.32. The standard InChI is InChI=1S/C22H25N3O4S/c26-20(29-17-3-1-2-16(12-17)25-6-8-28-9-7-25)13-19-21(27)24-22(30-19)23-18-11-14-4-5-15(18)10-14/h1-5,12,14-15,18,27H,6-11,13H2,(H,23,24). The number of allylic oxidation sites excluding steroid dienone is 1. The number of hydrogen-bond donors (Lipinski definition) is 2. The van der Waals surface area contributed by atoms with E-state index in [4.69, 9.17) is 9.47 Å². The fraction of sp³-hybridized carbons (Fsp3) is 0.455. The number of nitrogens with one attached hydrogen (secondary N) is 1. The maximum atomic E-state index is 12.5. The summed E-state index contributed by atoms with van der Waals surface area (Å²) < 4.78 is 10.9. The molecule has 30 heavy (non-hydrogen) atoms. The molecule has 2 bridgehead atoms. The Hall–Kier alpha value is -2.58. The van der Waals surface area contributed by atoms with Gasteiger partial charge in [-0.05, 0) is 36.8 Å². The van der Waals surface area contributed by atoms with E-state index in [9.17, 15) is 9.90 Å². The summed E-state index contributed by atoms with van der Waals surface area (Å²) in [6.07, 6.45) is 6.83. The van der Waals surface area contributed by atoms with E-state index in [1.807, 2.05) is 18.2 Å². The van der Waals surface area contributed by atoms with Crippen molar-refractivity contribution in [1.82, 2.24) is 4.98 Å². The third-order valence-corrected chi connectivity index (χ3v) is 6.97. The summed E-state index contributed by atoms with van der Waals surface area (Å²) in [5.41, 5.74) is 1.01.